The van der Waals surface area contributed by atoms with Crippen molar-refractivity contribution in [1.29, 1.82) is 0 Å². The summed E-state index contributed by atoms with van der Waals surface area (Å²) in [6.45, 7) is 1.37. The van der Waals surface area contributed by atoms with Gasteiger partial charge in [0.15, 0.2) is 11.9 Å². The average molecular weight is 189 g/mol. The third-order valence-electron chi connectivity index (χ3n) is 1.88. The van der Waals surface area contributed by atoms with E-state index in [2.05, 4.69) is 4.98 Å². The number of carbonyl (C=O) groups excluding carboxylic acids is 2. The van der Waals surface area contributed by atoms with E-state index in [-0.39, 0.29) is 11.7 Å². The van der Waals surface area contributed by atoms with Gasteiger partial charge < -0.3 is 4.42 Å². The third-order valence-corrected chi connectivity index (χ3v) is 1.88. The van der Waals surface area contributed by atoms with Crippen molar-refractivity contribution in [3.63, 3.8) is 0 Å². The lowest BCUT2D eigenvalue weighted by Gasteiger charge is -1.87. The van der Waals surface area contributed by atoms with Gasteiger partial charge in [-0.15, -0.1) is 0 Å². The SMILES string of the molecule is CC(=O)c1nc2c(C=O)cccc2o1. The summed E-state index contributed by atoms with van der Waals surface area (Å²) in [5, 5.41) is 0. The molecular weight excluding hydrogens is 182 g/mol. The van der Waals surface area contributed by atoms with E-state index in [1.807, 2.05) is 0 Å². The Kier molecular flexibility index (Phi) is 1.89. The Hall–Kier alpha value is -1.97. The fourth-order valence-corrected chi connectivity index (χ4v) is 1.22. The van der Waals surface area contributed by atoms with Crippen LogP contribution in [0.1, 0.15) is 28.0 Å². The Balaban J connectivity index is 2.76. The molecule has 0 radical (unpaired) electrons. The van der Waals surface area contributed by atoms with E-state index in [4.69, 9.17) is 4.42 Å². The predicted molar refractivity (Wildman–Crippen MR) is 49.4 cm³/mol. The van der Waals surface area contributed by atoms with Gasteiger partial charge in [-0.25, -0.2) is 4.98 Å². The van der Waals surface area contributed by atoms with Crippen molar-refractivity contribution in [3.05, 3.63) is 29.7 Å². The van der Waals surface area contributed by atoms with E-state index in [1.165, 1.54) is 6.92 Å². The summed E-state index contributed by atoms with van der Waals surface area (Å²) in [7, 11) is 0. The Morgan fingerprint density at radius 1 is 1.50 bits per heavy atom. The summed E-state index contributed by atoms with van der Waals surface area (Å²) in [6.07, 6.45) is 0.689. The Labute approximate surface area is 79.5 Å². The fraction of sp³-hybridized carbons (Fsp3) is 0.100. The van der Waals surface area contributed by atoms with Crippen LogP contribution in [0.2, 0.25) is 0 Å². The van der Waals surface area contributed by atoms with Crippen LogP contribution in [0.5, 0.6) is 0 Å². The molecule has 0 aliphatic rings. The molecule has 0 N–H and O–H groups in total. The molecule has 1 aromatic heterocycles. The zero-order chi connectivity index (χ0) is 10.1. The van der Waals surface area contributed by atoms with Gasteiger partial charge >= 0.3 is 0 Å². The first-order chi connectivity index (χ1) is 6.72. The molecule has 0 unspecified atom stereocenters. The summed E-state index contributed by atoms with van der Waals surface area (Å²) in [4.78, 5) is 25.5. The molecule has 0 spiro atoms. The van der Waals surface area contributed by atoms with Gasteiger partial charge in [-0.2, -0.15) is 0 Å². The van der Waals surface area contributed by atoms with Gasteiger partial charge in [-0.1, -0.05) is 6.07 Å². The maximum absolute atomic E-state index is 11.0. The topological polar surface area (TPSA) is 60.2 Å². The lowest BCUT2D eigenvalue weighted by Crippen LogP contribution is -1.90. The second kappa shape index (κ2) is 3.06. The van der Waals surface area contributed by atoms with Crippen LogP contribution < -0.4 is 0 Å². The van der Waals surface area contributed by atoms with Crippen molar-refractivity contribution in [1.82, 2.24) is 4.98 Å². The number of ketones is 1. The molecule has 0 atom stereocenters. The number of para-hydroxylation sites is 1. The normalized spacial score (nSPS) is 10.4. The lowest BCUT2D eigenvalue weighted by atomic mass is 10.2. The van der Waals surface area contributed by atoms with Gasteiger partial charge in [-0.3, -0.25) is 9.59 Å². The lowest BCUT2D eigenvalue weighted by molar-refractivity contribution is 0.0982. The van der Waals surface area contributed by atoms with Crippen LogP contribution in [0, 0.1) is 0 Å². The van der Waals surface area contributed by atoms with Crippen molar-refractivity contribution >= 4 is 23.2 Å². The van der Waals surface area contributed by atoms with Gasteiger partial charge in [0.1, 0.15) is 5.52 Å². The van der Waals surface area contributed by atoms with Gasteiger partial charge in [0.05, 0.1) is 0 Å². The smallest absolute Gasteiger partial charge is 0.263 e. The van der Waals surface area contributed by atoms with Crippen molar-refractivity contribution in [2.75, 3.05) is 0 Å². The molecule has 0 fully saturated rings. The van der Waals surface area contributed by atoms with Crippen LogP contribution in [0.3, 0.4) is 0 Å². The molecule has 4 heteroatoms. The van der Waals surface area contributed by atoms with Crippen LogP contribution in [-0.4, -0.2) is 17.1 Å². The van der Waals surface area contributed by atoms with Crippen molar-refractivity contribution in [2.45, 2.75) is 6.92 Å². The molecule has 70 valence electrons. The van der Waals surface area contributed by atoms with Crippen LogP contribution in [0.4, 0.5) is 0 Å². The minimum atomic E-state index is -0.252. The largest absolute Gasteiger partial charge is 0.434 e. The quantitative estimate of drug-likeness (QED) is 0.534. The number of aldehydes is 1. The molecule has 1 aromatic carbocycles. The number of carbonyl (C=O) groups is 2. The van der Waals surface area contributed by atoms with Crippen LogP contribution >= 0.6 is 0 Å². The summed E-state index contributed by atoms with van der Waals surface area (Å²) in [5.41, 5.74) is 1.33. The number of nitrogens with zero attached hydrogens (tertiary/aromatic N) is 1. The summed E-state index contributed by atoms with van der Waals surface area (Å²) >= 11 is 0. The Morgan fingerprint density at radius 2 is 2.29 bits per heavy atom. The first kappa shape index (κ1) is 8.62. The minimum Gasteiger partial charge on any atom is -0.434 e. The Bertz CT molecular complexity index is 513. The molecule has 1 heterocycles. The third kappa shape index (κ3) is 1.21. The maximum atomic E-state index is 11.0. The second-order valence-corrected chi connectivity index (χ2v) is 2.89. The minimum absolute atomic E-state index is 0.0364. The average Bonchev–Trinajstić information content (AvgIpc) is 2.60. The number of fused-ring (bicyclic) bond motifs is 1. The number of benzene rings is 1. The highest BCUT2D eigenvalue weighted by Crippen LogP contribution is 2.18. The van der Waals surface area contributed by atoms with Gasteiger partial charge in [0, 0.05) is 12.5 Å². The van der Waals surface area contributed by atoms with Gasteiger partial charge in [0.25, 0.3) is 5.89 Å². The number of oxazole rings is 1. The molecule has 4 nitrogen and oxygen atoms in total. The van der Waals surface area contributed by atoms with Crippen LogP contribution in [-0.2, 0) is 0 Å². The summed E-state index contributed by atoms with van der Waals surface area (Å²) in [6, 6.07) is 4.98. The van der Waals surface area contributed by atoms with E-state index in [1.54, 1.807) is 18.2 Å². The monoisotopic (exact) mass is 189 g/mol. The second-order valence-electron chi connectivity index (χ2n) is 2.89. The molecule has 0 bridgehead atoms. The van der Waals surface area contributed by atoms with Crippen molar-refractivity contribution in [2.24, 2.45) is 0 Å². The van der Waals surface area contributed by atoms with Crippen LogP contribution in [0.25, 0.3) is 11.1 Å². The van der Waals surface area contributed by atoms with E-state index in [0.29, 0.717) is 22.9 Å². The molecule has 0 aliphatic carbocycles. The molecule has 0 saturated carbocycles. The fourth-order valence-electron chi connectivity index (χ4n) is 1.22. The Morgan fingerprint density at radius 3 is 2.93 bits per heavy atom. The van der Waals surface area contributed by atoms with Crippen LogP contribution in [0.15, 0.2) is 22.6 Å². The molecule has 0 aliphatic heterocycles. The highest BCUT2D eigenvalue weighted by atomic mass is 16.4. The standard InChI is InChI=1S/C10H7NO3/c1-6(13)10-11-9-7(5-12)3-2-4-8(9)14-10/h2-5H,1H3. The molecule has 14 heavy (non-hydrogen) atoms. The van der Waals surface area contributed by atoms with Crippen molar-refractivity contribution in [3.8, 4) is 0 Å². The number of hydrogen-bond acceptors (Lipinski definition) is 4. The number of rotatable bonds is 2. The highest BCUT2D eigenvalue weighted by Gasteiger charge is 2.11. The summed E-state index contributed by atoms with van der Waals surface area (Å²) in [5.74, 6) is -0.215. The molecule has 0 amide bonds. The van der Waals surface area contributed by atoms with E-state index in [0.717, 1.165) is 0 Å². The molecule has 0 saturated heterocycles. The highest BCUT2D eigenvalue weighted by molar-refractivity contribution is 5.97. The zero-order valence-electron chi connectivity index (χ0n) is 7.48. The summed E-state index contributed by atoms with van der Waals surface area (Å²) < 4.78 is 5.15. The van der Waals surface area contributed by atoms with E-state index in [9.17, 15) is 9.59 Å². The van der Waals surface area contributed by atoms with Gasteiger partial charge in [0.2, 0.25) is 5.78 Å². The van der Waals surface area contributed by atoms with E-state index < -0.39 is 0 Å². The molecule has 2 aromatic rings. The zero-order valence-corrected chi connectivity index (χ0v) is 7.48. The molecule has 2 rings (SSSR count). The molecular formula is C10H7NO3. The van der Waals surface area contributed by atoms with Crippen molar-refractivity contribution < 1.29 is 14.0 Å². The number of Topliss-reactive ketones (excluding diaryl/α,β-unsaturated/α-hetero) is 1. The number of hydrogen-bond donors (Lipinski definition) is 0. The number of aromatic nitrogens is 1. The maximum Gasteiger partial charge on any atom is 0.263 e. The predicted octanol–water partition coefficient (Wildman–Crippen LogP) is 1.84. The first-order valence-electron chi connectivity index (χ1n) is 4.08. The first-order valence-corrected chi connectivity index (χ1v) is 4.08. The van der Waals surface area contributed by atoms with E-state index >= 15 is 0 Å². The van der Waals surface area contributed by atoms with Gasteiger partial charge in [-0.05, 0) is 12.1 Å².